The largest absolute Gasteiger partial charge is 0.472 e. The minimum Gasteiger partial charge on any atom is -0.472 e. The number of hydrogen-bond donors (Lipinski definition) is 1. The lowest BCUT2D eigenvalue weighted by Crippen LogP contribution is -2.50. The van der Waals surface area contributed by atoms with Crippen molar-refractivity contribution in [1.82, 2.24) is 14.8 Å². The van der Waals surface area contributed by atoms with Crippen LogP contribution in [0.25, 0.3) is 0 Å². The molecular weight excluding hydrogens is 485 g/mol. The summed E-state index contributed by atoms with van der Waals surface area (Å²) >= 11 is 0. The molecule has 2 amide bonds. The van der Waals surface area contributed by atoms with Crippen molar-refractivity contribution < 1.29 is 23.8 Å². The maximum absolute atomic E-state index is 14.2. The lowest BCUT2D eigenvalue weighted by molar-refractivity contribution is 0.0312. The Morgan fingerprint density at radius 2 is 1.87 bits per heavy atom. The molecule has 0 radical (unpaired) electrons. The van der Waals surface area contributed by atoms with Crippen LogP contribution < -0.4 is 4.74 Å². The molecule has 0 fully saturated rings. The average molecular weight is 516 g/mol. The molecule has 0 spiro atoms. The van der Waals surface area contributed by atoms with Gasteiger partial charge in [0, 0.05) is 36.8 Å². The first-order chi connectivity index (χ1) is 18.3. The Kier molecular flexibility index (Phi) is 8.39. The third-order valence-corrected chi connectivity index (χ3v) is 6.55. The molecule has 2 heterocycles. The van der Waals surface area contributed by atoms with E-state index < -0.39 is 23.9 Å². The Bertz CT molecular complexity index is 1370. The van der Waals surface area contributed by atoms with Crippen LogP contribution in [0.15, 0.2) is 66.9 Å². The van der Waals surface area contributed by atoms with Gasteiger partial charge in [-0.2, -0.15) is 0 Å². The topological polar surface area (TPSA) is 83.0 Å². The van der Waals surface area contributed by atoms with Gasteiger partial charge in [0.05, 0.1) is 24.8 Å². The lowest BCUT2D eigenvalue weighted by atomic mass is 9.99. The summed E-state index contributed by atoms with van der Waals surface area (Å²) in [5.74, 6) is 4.61. The zero-order valence-corrected chi connectivity index (χ0v) is 21.6. The highest BCUT2D eigenvalue weighted by atomic mass is 19.1. The molecule has 1 aliphatic heterocycles. The second-order valence-corrected chi connectivity index (χ2v) is 9.48. The summed E-state index contributed by atoms with van der Waals surface area (Å²) in [6, 6.07) is 16.5. The second kappa shape index (κ2) is 11.9. The number of nitrogens with zero attached hydrogens (tertiary/aromatic N) is 3. The first-order valence-electron chi connectivity index (χ1n) is 12.4. The average Bonchev–Trinajstić information content (AvgIpc) is 2.93. The van der Waals surface area contributed by atoms with Crippen LogP contribution in [0.3, 0.4) is 0 Å². The number of amides is 2. The van der Waals surface area contributed by atoms with Crippen molar-refractivity contribution >= 4 is 11.8 Å². The predicted octanol–water partition coefficient (Wildman–Crippen LogP) is 3.61. The van der Waals surface area contributed by atoms with E-state index in [2.05, 4.69) is 16.8 Å². The van der Waals surface area contributed by atoms with Crippen molar-refractivity contribution in [1.29, 1.82) is 0 Å². The highest BCUT2D eigenvalue weighted by Gasteiger charge is 2.35. The van der Waals surface area contributed by atoms with E-state index in [0.29, 0.717) is 5.56 Å². The first-order valence-corrected chi connectivity index (χ1v) is 12.4. The fourth-order valence-corrected chi connectivity index (χ4v) is 4.25. The molecular formula is C30H30FN3O4. The standard InChI is InChI=1S/C30H30FN3O4/c1-20-17-34(21(2)19-35)30(37)25-15-23(14-13-22-9-5-4-6-10-22)16-32-28(25)38-27(20)18-33(3)29(36)24-11-7-8-12-26(24)31/h4-12,15-16,20-21,27,35H,17-19H2,1-3H3/t20-,21+,27-/m0/s1. The molecule has 3 atom stereocenters. The number of benzene rings is 2. The quantitative estimate of drug-likeness (QED) is 0.525. The first kappa shape index (κ1) is 26.8. The van der Waals surface area contributed by atoms with Crippen molar-refractivity contribution in [3.05, 3.63) is 94.9 Å². The molecule has 0 aliphatic carbocycles. The number of hydrogen-bond acceptors (Lipinski definition) is 5. The normalized spacial score (nSPS) is 17.7. The molecule has 8 heteroatoms. The number of likely N-dealkylation sites (N-methyl/N-ethyl adjacent to an activating group) is 1. The molecule has 38 heavy (non-hydrogen) atoms. The molecule has 1 aromatic heterocycles. The zero-order chi connectivity index (χ0) is 27.2. The number of rotatable bonds is 5. The summed E-state index contributed by atoms with van der Waals surface area (Å²) in [6.07, 6.45) is 0.990. The number of fused-ring (bicyclic) bond motifs is 1. The summed E-state index contributed by atoms with van der Waals surface area (Å²) in [5, 5.41) is 9.85. The van der Waals surface area contributed by atoms with Gasteiger partial charge >= 0.3 is 0 Å². The number of halogens is 1. The van der Waals surface area contributed by atoms with Crippen molar-refractivity contribution in [2.24, 2.45) is 5.92 Å². The number of pyridine rings is 1. The number of carbonyl (C=O) groups is 2. The Hall–Kier alpha value is -4.22. The summed E-state index contributed by atoms with van der Waals surface area (Å²) in [7, 11) is 1.58. The number of aromatic nitrogens is 1. The Labute approximate surface area is 221 Å². The summed E-state index contributed by atoms with van der Waals surface area (Å²) in [4.78, 5) is 33.9. The fourth-order valence-electron chi connectivity index (χ4n) is 4.25. The van der Waals surface area contributed by atoms with Crippen LogP contribution in [0, 0.1) is 23.6 Å². The third-order valence-electron chi connectivity index (χ3n) is 6.55. The summed E-state index contributed by atoms with van der Waals surface area (Å²) < 4.78 is 20.5. The van der Waals surface area contributed by atoms with Gasteiger partial charge in [0.15, 0.2) is 0 Å². The Morgan fingerprint density at radius 1 is 1.18 bits per heavy atom. The summed E-state index contributed by atoms with van der Waals surface area (Å²) in [5.41, 5.74) is 1.57. The van der Waals surface area contributed by atoms with Crippen LogP contribution in [-0.4, -0.2) is 70.6 Å². The van der Waals surface area contributed by atoms with Gasteiger partial charge in [-0.1, -0.05) is 49.1 Å². The lowest BCUT2D eigenvalue weighted by Gasteiger charge is -2.37. The molecule has 7 nitrogen and oxygen atoms in total. The van der Waals surface area contributed by atoms with Crippen LogP contribution in [0.1, 0.15) is 45.7 Å². The van der Waals surface area contributed by atoms with E-state index in [1.807, 2.05) is 37.3 Å². The molecule has 3 aromatic rings. The van der Waals surface area contributed by atoms with E-state index in [4.69, 9.17) is 4.74 Å². The van der Waals surface area contributed by atoms with Crippen LogP contribution >= 0.6 is 0 Å². The highest BCUT2D eigenvalue weighted by molar-refractivity contribution is 5.97. The molecule has 0 saturated carbocycles. The number of carbonyl (C=O) groups excluding carboxylic acids is 2. The Balaban J connectivity index is 1.66. The molecule has 0 bridgehead atoms. The van der Waals surface area contributed by atoms with E-state index >= 15 is 0 Å². The van der Waals surface area contributed by atoms with Gasteiger partial charge in [-0.05, 0) is 37.3 Å². The van der Waals surface area contributed by atoms with Gasteiger partial charge < -0.3 is 19.6 Å². The zero-order valence-electron chi connectivity index (χ0n) is 21.6. The van der Waals surface area contributed by atoms with E-state index in [1.165, 1.54) is 23.1 Å². The van der Waals surface area contributed by atoms with Gasteiger partial charge in [0.2, 0.25) is 5.88 Å². The number of ether oxygens (including phenoxy) is 1. The third kappa shape index (κ3) is 6.01. The molecule has 196 valence electrons. The second-order valence-electron chi connectivity index (χ2n) is 9.48. The van der Waals surface area contributed by atoms with E-state index in [1.54, 1.807) is 37.2 Å². The molecule has 1 N–H and O–H groups in total. The fraction of sp³-hybridized carbons (Fsp3) is 0.300. The monoisotopic (exact) mass is 515 g/mol. The molecule has 0 unspecified atom stereocenters. The van der Waals surface area contributed by atoms with Gasteiger partial charge in [0.25, 0.3) is 11.8 Å². The van der Waals surface area contributed by atoms with Gasteiger partial charge in [-0.25, -0.2) is 9.37 Å². The van der Waals surface area contributed by atoms with E-state index in [-0.39, 0.29) is 48.5 Å². The minimum atomic E-state index is -0.597. The predicted molar refractivity (Wildman–Crippen MR) is 141 cm³/mol. The summed E-state index contributed by atoms with van der Waals surface area (Å²) in [6.45, 7) is 3.88. The number of aliphatic hydroxyl groups is 1. The Morgan fingerprint density at radius 3 is 2.58 bits per heavy atom. The van der Waals surface area contributed by atoms with E-state index in [9.17, 15) is 19.1 Å². The van der Waals surface area contributed by atoms with Crippen LogP contribution in [0.4, 0.5) is 4.39 Å². The highest BCUT2D eigenvalue weighted by Crippen LogP contribution is 2.27. The van der Waals surface area contributed by atoms with Crippen LogP contribution in [0.2, 0.25) is 0 Å². The van der Waals surface area contributed by atoms with Gasteiger partial charge in [-0.3, -0.25) is 9.59 Å². The molecule has 2 aromatic carbocycles. The van der Waals surface area contributed by atoms with Crippen molar-refractivity contribution in [2.75, 3.05) is 26.7 Å². The van der Waals surface area contributed by atoms with Crippen molar-refractivity contribution in [2.45, 2.75) is 26.0 Å². The molecule has 0 saturated heterocycles. The van der Waals surface area contributed by atoms with Crippen LogP contribution in [0.5, 0.6) is 5.88 Å². The maximum atomic E-state index is 14.2. The van der Waals surface area contributed by atoms with Crippen molar-refractivity contribution in [3.8, 4) is 17.7 Å². The van der Waals surface area contributed by atoms with Gasteiger partial charge in [0.1, 0.15) is 17.5 Å². The van der Waals surface area contributed by atoms with Gasteiger partial charge in [-0.15, -0.1) is 0 Å². The molecule has 1 aliphatic rings. The van der Waals surface area contributed by atoms with E-state index in [0.717, 1.165) is 5.56 Å². The minimum absolute atomic E-state index is 0.0284. The SMILES string of the molecule is C[C@H](CO)N1C[C@H](C)[C@H](CN(C)C(=O)c2ccccc2F)Oc2ncc(C#Cc3ccccc3)cc2C1=O. The van der Waals surface area contributed by atoms with Crippen LogP contribution in [-0.2, 0) is 0 Å². The molecule has 4 rings (SSSR count). The number of aliphatic hydroxyl groups excluding tert-OH is 1. The smallest absolute Gasteiger partial charge is 0.259 e. The maximum Gasteiger partial charge on any atom is 0.259 e. The van der Waals surface area contributed by atoms with Crippen molar-refractivity contribution in [3.63, 3.8) is 0 Å².